The Morgan fingerprint density at radius 2 is 1.72 bits per heavy atom. The van der Waals surface area contributed by atoms with E-state index in [-0.39, 0.29) is 11.3 Å². The van der Waals surface area contributed by atoms with Gasteiger partial charge in [-0.2, -0.15) is 0 Å². The monoisotopic (exact) mass is 433 g/mol. The maximum Gasteiger partial charge on any atom is 0.223 e. The molecule has 1 aromatic heterocycles. The Labute approximate surface area is 192 Å². The molecule has 2 aromatic carbocycles. The second-order valence-corrected chi connectivity index (χ2v) is 9.82. The Balaban J connectivity index is 1.67. The van der Waals surface area contributed by atoms with Crippen molar-refractivity contribution in [2.45, 2.75) is 60.2 Å². The SMILES string of the molecule is CC(CC(=O)N(Cc1cccc(OCc2ccccc2)c1)Cc1ccco1)CC(C)(C)C. The zero-order valence-corrected chi connectivity index (χ0v) is 19.7. The van der Waals surface area contributed by atoms with Crippen LogP contribution >= 0.6 is 0 Å². The molecular formula is C28H35NO3. The number of furan rings is 1. The van der Waals surface area contributed by atoms with Crippen molar-refractivity contribution in [2.24, 2.45) is 11.3 Å². The van der Waals surface area contributed by atoms with Crippen molar-refractivity contribution < 1.29 is 13.9 Å². The Kier molecular flexibility index (Phi) is 8.15. The molecule has 0 spiro atoms. The molecule has 0 aliphatic heterocycles. The maximum absolute atomic E-state index is 13.2. The van der Waals surface area contributed by atoms with Crippen molar-refractivity contribution in [3.63, 3.8) is 0 Å². The molecule has 4 heteroatoms. The lowest BCUT2D eigenvalue weighted by atomic mass is 9.84. The summed E-state index contributed by atoms with van der Waals surface area (Å²) in [7, 11) is 0. The highest BCUT2D eigenvalue weighted by Gasteiger charge is 2.22. The van der Waals surface area contributed by atoms with Gasteiger partial charge in [0.25, 0.3) is 0 Å². The summed E-state index contributed by atoms with van der Waals surface area (Å²) in [5.74, 6) is 2.06. The van der Waals surface area contributed by atoms with Crippen molar-refractivity contribution >= 4 is 5.91 Å². The van der Waals surface area contributed by atoms with Crippen molar-refractivity contribution in [3.05, 3.63) is 89.9 Å². The first-order valence-corrected chi connectivity index (χ1v) is 11.3. The van der Waals surface area contributed by atoms with E-state index in [4.69, 9.17) is 9.15 Å². The zero-order chi connectivity index (χ0) is 23.0. The molecule has 1 amide bonds. The predicted octanol–water partition coefficient (Wildman–Crippen LogP) is 6.85. The number of nitrogens with zero attached hydrogens (tertiary/aromatic N) is 1. The smallest absolute Gasteiger partial charge is 0.223 e. The highest BCUT2D eigenvalue weighted by atomic mass is 16.5. The van der Waals surface area contributed by atoms with E-state index in [0.29, 0.717) is 32.0 Å². The molecule has 0 fully saturated rings. The molecule has 3 rings (SSSR count). The second-order valence-electron chi connectivity index (χ2n) is 9.82. The molecule has 1 heterocycles. The molecule has 4 nitrogen and oxygen atoms in total. The van der Waals surface area contributed by atoms with Gasteiger partial charge in [-0.25, -0.2) is 0 Å². The summed E-state index contributed by atoms with van der Waals surface area (Å²) in [5, 5.41) is 0. The maximum atomic E-state index is 13.2. The summed E-state index contributed by atoms with van der Waals surface area (Å²) in [6.45, 7) is 10.3. The van der Waals surface area contributed by atoms with Gasteiger partial charge >= 0.3 is 0 Å². The van der Waals surface area contributed by atoms with E-state index in [1.807, 2.05) is 71.6 Å². The highest BCUT2D eigenvalue weighted by Crippen LogP contribution is 2.27. The van der Waals surface area contributed by atoms with Crippen molar-refractivity contribution in [1.29, 1.82) is 0 Å². The van der Waals surface area contributed by atoms with Gasteiger partial charge in [0.15, 0.2) is 0 Å². The lowest BCUT2D eigenvalue weighted by molar-refractivity contribution is -0.133. The van der Waals surface area contributed by atoms with Gasteiger partial charge in [0.2, 0.25) is 5.91 Å². The molecular weight excluding hydrogens is 398 g/mol. The van der Waals surface area contributed by atoms with Gasteiger partial charge in [0.05, 0.1) is 12.8 Å². The van der Waals surface area contributed by atoms with E-state index >= 15 is 0 Å². The summed E-state index contributed by atoms with van der Waals surface area (Å²) in [5.41, 5.74) is 2.37. The standard InChI is InChI=1S/C28H35NO3/c1-22(18-28(2,3)4)16-27(30)29(20-26-14-9-15-31-26)19-24-12-8-13-25(17-24)32-21-23-10-6-5-7-11-23/h5-15,17,22H,16,18-21H2,1-4H3. The topological polar surface area (TPSA) is 42.7 Å². The van der Waals surface area contributed by atoms with Crippen LogP contribution in [0.3, 0.4) is 0 Å². The largest absolute Gasteiger partial charge is 0.489 e. The van der Waals surface area contributed by atoms with Crippen LogP contribution in [0.1, 0.15) is 57.4 Å². The summed E-state index contributed by atoms with van der Waals surface area (Å²) in [4.78, 5) is 15.1. The number of rotatable bonds is 10. The van der Waals surface area contributed by atoms with Crippen molar-refractivity contribution in [1.82, 2.24) is 4.90 Å². The van der Waals surface area contributed by atoms with Crippen LogP contribution in [0, 0.1) is 11.3 Å². The number of carbonyl (C=O) groups excluding carboxylic acids is 1. The van der Waals surface area contributed by atoms with Gasteiger partial charge in [-0.15, -0.1) is 0 Å². The number of amides is 1. The Hall–Kier alpha value is -3.01. The molecule has 0 aliphatic rings. The number of hydrogen-bond acceptors (Lipinski definition) is 3. The molecule has 0 saturated heterocycles. The van der Waals surface area contributed by atoms with Crippen molar-refractivity contribution in [2.75, 3.05) is 0 Å². The van der Waals surface area contributed by atoms with Gasteiger partial charge < -0.3 is 14.1 Å². The molecule has 32 heavy (non-hydrogen) atoms. The molecule has 0 radical (unpaired) electrons. The highest BCUT2D eigenvalue weighted by molar-refractivity contribution is 5.76. The molecule has 170 valence electrons. The van der Waals surface area contributed by atoms with Crippen LogP contribution in [0.15, 0.2) is 77.4 Å². The molecule has 0 bridgehead atoms. The quantitative estimate of drug-likeness (QED) is 0.351. The molecule has 0 aliphatic carbocycles. The number of hydrogen-bond donors (Lipinski definition) is 0. The van der Waals surface area contributed by atoms with E-state index in [0.717, 1.165) is 29.1 Å². The fourth-order valence-electron chi connectivity index (χ4n) is 4.06. The molecule has 0 saturated carbocycles. The third-order valence-corrected chi connectivity index (χ3v) is 5.28. The normalized spacial score (nSPS) is 12.4. The van der Waals surface area contributed by atoms with Crippen molar-refractivity contribution in [3.8, 4) is 5.75 Å². The summed E-state index contributed by atoms with van der Waals surface area (Å²) in [6, 6.07) is 21.9. The van der Waals surface area contributed by atoms with E-state index in [1.165, 1.54) is 0 Å². The predicted molar refractivity (Wildman–Crippen MR) is 128 cm³/mol. The number of ether oxygens (including phenoxy) is 1. The van der Waals surface area contributed by atoms with Crippen LogP contribution in [-0.2, 0) is 24.5 Å². The van der Waals surface area contributed by atoms with Gasteiger partial charge in [0.1, 0.15) is 18.1 Å². The molecule has 1 atom stereocenters. The van der Waals surface area contributed by atoms with E-state index in [9.17, 15) is 4.79 Å². The van der Waals surface area contributed by atoms with E-state index < -0.39 is 0 Å². The van der Waals surface area contributed by atoms with Crippen LogP contribution in [0.25, 0.3) is 0 Å². The van der Waals surface area contributed by atoms with Crippen LogP contribution in [0.4, 0.5) is 0 Å². The minimum absolute atomic E-state index is 0.147. The zero-order valence-electron chi connectivity index (χ0n) is 19.7. The Morgan fingerprint density at radius 3 is 2.41 bits per heavy atom. The molecule has 0 N–H and O–H groups in total. The van der Waals surface area contributed by atoms with E-state index in [2.05, 4.69) is 27.7 Å². The number of carbonyl (C=O) groups is 1. The summed E-state index contributed by atoms with van der Waals surface area (Å²) >= 11 is 0. The van der Waals surface area contributed by atoms with Gasteiger partial charge in [-0.3, -0.25) is 4.79 Å². The Bertz CT molecular complexity index is 958. The minimum Gasteiger partial charge on any atom is -0.489 e. The lowest BCUT2D eigenvalue weighted by Gasteiger charge is -2.27. The molecule has 3 aromatic rings. The molecule has 1 unspecified atom stereocenters. The average molecular weight is 434 g/mol. The first-order valence-electron chi connectivity index (χ1n) is 11.3. The lowest BCUT2D eigenvalue weighted by Crippen LogP contribution is -2.31. The van der Waals surface area contributed by atoms with Crippen LogP contribution in [-0.4, -0.2) is 10.8 Å². The van der Waals surface area contributed by atoms with Crippen LogP contribution in [0.2, 0.25) is 0 Å². The fraction of sp³-hybridized carbons (Fsp3) is 0.393. The van der Waals surface area contributed by atoms with Crippen LogP contribution < -0.4 is 4.74 Å². The fourth-order valence-corrected chi connectivity index (χ4v) is 4.06. The third kappa shape index (κ3) is 7.92. The van der Waals surface area contributed by atoms with Gasteiger partial charge in [-0.05, 0) is 53.1 Å². The first-order chi connectivity index (χ1) is 15.3. The van der Waals surface area contributed by atoms with Gasteiger partial charge in [0, 0.05) is 13.0 Å². The number of benzene rings is 2. The third-order valence-electron chi connectivity index (χ3n) is 5.28. The first kappa shape index (κ1) is 23.6. The second kappa shape index (κ2) is 11.0. The summed E-state index contributed by atoms with van der Waals surface area (Å²) < 4.78 is 11.5. The van der Waals surface area contributed by atoms with Crippen LogP contribution in [0.5, 0.6) is 5.75 Å². The summed E-state index contributed by atoms with van der Waals surface area (Å²) in [6.07, 6.45) is 3.19. The Morgan fingerprint density at radius 1 is 0.969 bits per heavy atom. The van der Waals surface area contributed by atoms with Gasteiger partial charge in [-0.1, -0.05) is 70.2 Å². The average Bonchev–Trinajstić information content (AvgIpc) is 3.24. The van der Waals surface area contributed by atoms with E-state index in [1.54, 1.807) is 6.26 Å². The minimum atomic E-state index is 0.147.